The molecule has 4 nitrogen and oxygen atoms in total. The average molecular weight is 288 g/mol. The van der Waals surface area contributed by atoms with Gasteiger partial charge in [0.15, 0.2) is 0 Å². The summed E-state index contributed by atoms with van der Waals surface area (Å²) in [6.45, 7) is 3.81. The van der Waals surface area contributed by atoms with Gasteiger partial charge in [0.1, 0.15) is 0 Å². The molecular formula is C14H28N2O2S. The lowest BCUT2D eigenvalue weighted by atomic mass is 10.1. The van der Waals surface area contributed by atoms with E-state index in [-0.39, 0.29) is 12.1 Å². The molecule has 0 radical (unpaired) electrons. The van der Waals surface area contributed by atoms with Crippen LogP contribution in [-0.4, -0.2) is 43.6 Å². The number of piperidine rings is 1. The third-order valence-corrected chi connectivity index (χ3v) is 6.49. The zero-order valence-corrected chi connectivity index (χ0v) is 12.9. The molecule has 2 unspecified atom stereocenters. The highest BCUT2D eigenvalue weighted by Crippen LogP contribution is 2.23. The van der Waals surface area contributed by atoms with Gasteiger partial charge in [-0.25, -0.2) is 8.42 Å². The van der Waals surface area contributed by atoms with E-state index in [1.807, 2.05) is 4.31 Å². The Bertz CT molecular complexity index is 364. The zero-order chi connectivity index (χ0) is 13.7. The SMILES string of the molecule is CCC1CCCCCN1S(=O)(=O)CC1CCCCN1. The van der Waals surface area contributed by atoms with E-state index in [1.54, 1.807) is 0 Å². The van der Waals surface area contributed by atoms with Gasteiger partial charge in [-0.15, -0.1) is 0 Å². The molecular weight excluding hydrogens is 260 g/mol. The number of hydrogen-bond acceptors (Lipinski definition) is 3. The molecule has 2 fully saturated rings. The van der Waals surface area contributed by atoms with Crippen molar-refractivity contribution in [2.45, 2.75) is 70.4 Å². The standard InChI is InChI=1S/C14H28N2O2S/c1-2-14-9-4-3-7-11-16(14)19(17,18)12-13-8-5-6-10-15-13/h13-15H,2-12H2,1H3. The first-order valence-electron chi connectivity index (χ1n) is 7.86. The van der Waals surface area contributed by atoms with Crippen molar-refractivity contribution in [3.8, 4) is 0 Å². The van der Waals surface area contributed by atoms with Crippen LogP contribution in [0.1, 0.15) is 58.3 Å². The third kappa shape index (κ3) is 4.17. The molecule has 0 spiro atoms. The van der Waals surface area contributed by atoms with Crippen molar-refractivity contribution in [2.75, 3.05) is 18.8 Å². The Morgan fingerprint density at radius 3 is 2.58 bits per heavy atom. The third-order valence-electron chi connectivity index (χ3n) is 4.48. The normalized spacial score (nSPS) is 31.0. The van der Waals surface area contributed by atoms with E-state index in [1.165, 1.54) is 19.3 Å². The zero-order valence-electron chi connectivity index (χ0n) is 12.1. The van der Waals surface area contributed by atoms with Gasteiger partial charge in [0.25, 0.3) is 0 Å². The predicted octanol–water partition coefficient (Wildman–Crippen LogP) is 2.11. The van der Waals surface area contributed by atoms with Crippen molar-refractivity contribution in [1.29, 1.82) is 0 Å². The van der Waals surface area contributed by atoms with Crippen LogP contribution >= 0.6 is 0 Å². The van der Waals surface area contributed by atoms with Gasteiger partial charge in [-0.1, -0.05) is 26.2 Å². The van der Waals surface area contributed by atoms with Crippen molar-refractivity contribution in [3.63, 3.8) is 0 Å². The van der Waals surface area contributed by atoms with Crippen LogP contribution in [0.15, 0.2) is 0 Å². The summed E-state index contributed by atoms with van der Waals surface area (Å²) >= 11 is 0. The minimum Gasteiger partial charge on any atom is -0.313 e. The molecule has 0 bridgehead atoms. The molecule has 0 saturated carbocycles. The van der Waals surface area contributed by atoms with Crippen molar-refractivity contribution >= 4 is 10.0 Å². The summed E-state index contributed by atoms with van der Waals surface area (Å²) in [5, 5.41) is 3.36. The molecule has 0 amide bonds. The number of hydrogen-bond donors (Lipinski definition) is 1. The van der Waals surface area contributed by atoms with Crippen molar-refractivity contribution in [1.82, 2.24) is 9.62 Å². The van der Waals surface area contributed by atoms with Crippen LogP contribution in [0.25, 0.3) is 0 Å². The van der Waals surface area contributed by atoms with Gasteiger partial charge in [0, 0.05) is 18.6 Å². The molecule has 2 saturated heterocycles. The molecule has 2 aliphatic heterocycles. The first-order chi connectivity index (χ1) is 9.13. The number of sulfonamides is 1. The summed E-state index contributed by atoms with van der Waals surface area (Å²) < 4.78 is 27.1. The Labute approximate surface area is 118 Å². The van der Waals surface area contributed by atoms with E-state index < -0.39 is 10.0 Å². The van der Waals surface area contributed by atoms with E-state index >= 15 is 0 Å². The molecule has 0 aliphatic carbocycles. The van der Waals surface area contributed by atoms with Gasteiger partial charge in [0.2, 0.25) is 10.0 Å². The predicted molar refractivity (Wildman–Crippen MR) is 78.7 cm³/mol. The second-order valence-electron chi connectivity index (χ2n) is 5.95. The summed E-state index contributed by atoms with van der Waals surface area (Å²) in [4.78, 5) is 0. The monoisotopic (exact) mass is 288 g/mol. The van der Waals surface area contributed by atoms with E-state index in [0.29, 0.717) is 5.75 Å². The Hall–Kier alpha value is -0.130. The van der Waals surface area contributed by atoms with Crippen LogP contribution in [0, 0.1) is 0 Å². The first-order valence-corrected chi connectivity index (χ1v) is 9.47. The van der Waals surface area contributed by atoms with E-state index in [9.17, 15) is 8.42 Å². The average Bonchev–Trinajstić information content (AvgIpc) is 2.64. The van der Waals surface area contributed by atoms with Gasteiger partial charge in [-0.2, -0.15) is 4.31 Å². The van der Waals surface area contributed by atoms with Gasteiger partial charge in [-0.3, -0.25) is 0 Å². The fraction of sp³-hybridized carbons (Fsp3) is 1.00. The first kappa shape index (κ1) is 15.3. The van der Waals surface area contributed by atoms with E-state index in [4.69, 9.17) is 0 Å². The van der Waals surface area contributed by atoms with Crippen LogP contribution in [-0.2, 0) is 10.0 Å². The number of nitrogens with zero attached hydrogens (tertiary/aromatic N) is 1. The smallest absolute Gasteiger partial charge is 0.215 e. The summed E-state index contributed by atoms with van der Waals surface area (Å²) in [5.41, 5.74) is 0. The second-order valence-corrected chi connectivity index (χ2v) is 7.91. The molecule has 112 valence electrons. The van der Waals surface area contributed by atoms with Crippen LogP contribution in [0.5, 0.6) is 0 Å². The highest BCUT2D eigenvalue weighted by Gasteiger charge is 2.32. The summed E-state index contributed by atoms with van der Waals surface area (Å²) in [6, 6.07) is 0.399. The van der Waals surface area contributed by atoms with E-state index in [2.05, 4.69) is 12.2 Å². The van der Waals surface area contributed by atoms with Gasteiger partial charge in [-0.05, 0) is 38.6 Å². The molecule has 0 aromatic heterocycles. The number of nitrogens with one attached hydrogen (secondary N) is 1. The van der Waals surface area contributed by atoms with Crippen molar-refractivity contribution in [2.24, 2.45) is 0 Å². The molecule has 1 N–H and O–H groups in total. The van der Waals surface area contributed by atoms with Crippen LogP contribution in [0.3, 0.4) is 0 Å². The van der Waals surface area contributed by atoms with Crippen molar-refractivity contribution in [3.05, 3.63) is 0 Å². The summed E-state index contributed by atoms with van der Waals surface area (Å²) in [6.07, 6.45) is 8.68. The highest BCUT2D eigenvalue weighted by atomic mass is 32.2. The van der Waals surface area contributed by atoms with Crippen LogP contribution in [0.2, 0.25) is 0 Å². The van der Waals surface area contributed by atoms with E-state index in [0.717, 1.165) is 45.2 Å². The lowest BCUT2D eigenvalue weighted by Gasteiger charge is -2.31. The maximum Gasteiger partial charge on any atom is 0.215 e. The topological polar surface area (TPSA) is 49.4 Å². The van der Waals surface area contributed by atoms with Gasteiger partial charge >= 0.3 is 0 Å². The highest BCUT2D eigenvalue weighted by molar-refractivity contribution is 7.89. The minimum absolute atomic E-state index is 0.166. The molecule has 2 heterocycles. The van der Waals surface area contributed by atoms with Gasteiger partial charge < -0.3 is 5.32 Å². The maximum atomic E-state index is 12.7. The molecule has 0 aromatic rings. The lowest BCUT2D eigenvalue weighted by molar-refractivity contribution is 0.310. The molecule has 2 aliphatic rings. The fourth-order valence-corrected chi connectivity index (χ4v) is 5.44. The van der Waals surface area contributed by atoms with Gasteiger partial charge in [0.05, 0.1) is 5.75 Å². The molecule has 0 aromatic carbocycles. The van der Waals surface area contributed by atoms with Crippen LogP contribution in [0.4, 0.5) is 0 Å². The maximum absolute atomic E-state index is 12.7. The quantitative estimate of drug-likeness (QED) is 0.862. The van der Waals surface area contributed by atoms with Crippen LogP contribution < -0.4 is 5.32 Å². The minimum atomic E-state index is -3.10. The Morgan fingerprint density at radius 1 is 1.11 bits per heavy atom. The molecule has 2 atom stereocenters. The Balaban J connectivity index is 2.02. The second kappa shape index (κ2) is 7.04. The van der Waals surface area contributed by atoms with Crippen molar-refractivity contribution < 1.29 is 8.42 Å². The molecule has 2 rings (SSSR count). The number of rotatable bonds is 4. The summed E-state index contributed by atoms with van der Waals surface area (Å²) in [5.74, 6) is 0.295. The lowest BCUT2D eigenvalue weighted by Crippen LogP contribution is -2.47. The molecule has 19 heavy (non-hydrogen) atoms. The Kier molecular flexibility index (Phi) is 5.66. The fourth-order valence-electron chi connectivity index (χ4n) is 3.34. The largest absolute Gasteiger partial charge is 0.313 e. The molecule has 5 heteroatoms. The summed E-state index contributed by atoms with van der Waals surface area (Å²) in [7, 11) is -3.10. The Morgan fingerprint density at radius 2 is 1.89 bits per heavy atom.